The molecule has 1 atom stereocenters. The van der Waals surface area contributed by atoms with Gasteiger partial charge in [-0.2, -0.15) is 0 Å². The van der Waals surface area contributed by atoms with E-state index in [1.165, 1.54) is 0 Å². The van der Waals surface area contributed by atoms with Gasteiger partial charge in [-0.15, -0.1) is 12.4 Å². The van der Waals surface area contributed by atoms with Crippen LogP contribution in [0.2, 0.25) is 0 Å². The highest BCUT2D eigenvalue weighted by Gasteiger charge is 2.33. The van der Waals surface area contributed by atoms with Crippen molar-refractivity contribution in [2.24, 2.45) is 0 Å². The zero-order valence-corrected chi connectivity index (χ0v) is 12.9. The van der Waals surface area contributed by atoms with Crippen LogP contribution in [-0.4, -0.2) is 38.3 Å². The van der Waals surface area contributed by atoms with E-state index in [9.17, 15) is 4.79 Å². The van der Waals surface area contributed by atoms with Gasteiger partial charge in [0.15, 0.2) is 0 Å². The van der Waals surface area contributed by atoms with Gasteiger partial charge in [0.25, 0.3) is 5.91 Å². The summed E-state index contributed by atoms with van der Waals surface area (Å²) < 4.78 is 5.28. The van der Waals surface area contributed by atoms with Gasteiger partial charge in [-0.05, 0) is 37.9 Å². The summed E-state index contributed by atoms with van der Waals surface area (Å²) >= 11 is 0. The number of benzene rings is 1. The highest BCUT2D eigenvalue weighted by Crippen LogP contribution is 2.19. The van der Waals surface area contributed by atoms with Crippen LogP contribution >= 0.6 is 12.4 Å². The van der Waals surface area contributed by atoms with Crippen molar-refractivity contribution >= 4 is 18.3 Å². The average molecular weight is 299 g/mol. The lowest BCUT2D eigenvalue weighted by atomic mass is 9.98. The third-order valence-electron chi connectivity index (χ3n) is 3.73. The lowest BCUT2D eigenvalue weighted by molar-refractivity contribution is 0.0891. The van der Waals surface area contributed by atoms with Crippen LogP contribution in [-0.2, 0) is 4.74 Å². The Hall–Kier alpha value is -1.10. The molecular formula is C15H23ClN2O2. The van der Waals surface area contributed by atoms with Crippen molar-refractivity contribution in [1.82, 2.24) is 10.6 Å². The van der Waals surface area contributed by atoms with E-state index in [0.29, 0.717) is 13.2 Å². The Morgan fingerprint density at radius 1 is 1.45 bits per heavy atom. The minimum Gasteiger partial charge on any atom is -0.383 e. The fraction of sp³-hybridized carbons (Fsp3) is 0.533. The Balaban J connectivity index is 0.00000200. The fourth-order valence-electron chi connectivity index (χ4n) is 2.64. The normalized spacial score (nSPS) is 21.3. The topological polar surface area (TPSA) is 50.4 Å². The molecule has 1 saturated heterocycles. The predicted molar refractivity (Wildman–Crippen MR) is 82.6 cm³/mol. The van der Waals surface area contributed by atoms with Crippen LogP contribution in [0.25, 0.3) is 0 Å². The van der Waals surface area contributed by atoms with Crippen LogP contribution < -0.4 is 10.6 Å². The van der Waals surface area contributed by atoms with Gasteiger partial charge in [-0.3, -0.25) is 4.79 Å². The van der Waals surface area contributed by atoms with Crippen molar-refractivity contribution in [1.29, 1.82) is 0 Å². The van der Waals surface area contributed by atoms with E-state index in [1.807, 2.05) is 31.2 Å². The predicted octanol–water partition coefficient (Wildman–Crippen LogP) is 1.92. The summed E-state index contributed by atoms with van der Waals surface area (Å²) in [5, 5.41) is 6.48. The highest BCUT2D eigenvalue weighted by molar-refractivity contribution is 5.95. The summed E-state index contributed by atoms with van der Waals surface area (Å²) in [6.45, 7) is 4.17. The van der Waals surface area contributed by atoms with Crippen molar-refractivity contribution in [3.8, 4) is 0 Å². The van der Waals surface area contributed by atoms with Gasteiger partial charge in [-0.25, -0.2) is 0 Å². The van der Waals surface area contributed by atoms with E-state index in [-0.39, 0.29) is 23.9 Å². The maximum absolute atomic E-state index is 12.2. The van der Waals surface area contributed by atoms with Crippen LogP contribution in [0, 0.1) is 6.92 Å². The molecule has 1 aliphatic heterocycles. The van der Waals surface area contributed by atoms with Crippen molar-refractivity contribution < 1.29 is 9.53 Å². The van der Waals surface area contributed by atoms with Crippen LogP contribution in [0.1, 0.15) is 28.8 Å². The van der Waals surface area contributed by atoms with Gasteiger partial charge < -0.3 is 15.4 Å². The smallest absolute Gasteiger partial charge is 0.251 e. The Morgan fingerprint density at radius 3 is 2.80 bits per heavy atom. The molecule has 5 heteroatoms. The number of aryl methyl sites for hydroxylation is 1. The summed E-state index contributed by atoms with van der Waals surface area (Å²) in [6, 6.07) is 7.64. The molecule has 1 heterocycles. The number of nitrogens with one attached hydrogen (secondary N) is 2. The SMILES string of the molecule is COCC1(CNC(=O)c2ccccc2C)CCCN1.Cl. The number of hydrogen-bond acceptors (Lipinski definition) is 3. The van der Waals surface area contributed by atoms with Gasteiger partial charge >= 0.3 is 0 Å². The number of carbonyl (C=O) groups is 1. The second kappa shape index (κ2) is 7.62. The van der Waals surface area contributed by atoms with Crippen LogP contribution in [0.3, 0.4) is 0 Å². The Labute approximate surface area is 126 Å². The summed E-state index contributed by atoms with van der Waals surface area (Å²) in [7, 11) is 1.70. The second-order valence-electron chi connectivity index (χ2n) is 5.24. The maximum Gasteiger partial charge on any atom is 0.251 e. The van der Waals surface area contributed by atoms with Crippen LogP contribution in [0.5, 0.6) is 0 Å². The molecule has 0 spiro atoms. The number of halogens is 1. The van der Waals surface area contributed by atoms with E-state index in [1.54, 1.807) is 7.11 Å². The number of methoxy groups -OCH3 is 1. The molecule has 0 aromatic heterocycles. The molecule has 1 aromatic rings. The first-order valence-electron chi connectivity index (χ1n) is 6.75. The molecule has 0 aliphatic carbocycles. The molecule has 20 heavy (non-hydrogen) atoms. The first-order chi connectivity index (χ1) is 9.17. The van der Waals surface area contributed by atoms with Gasteiger partial charge in [-0.1, -0.05) is 18.2 Å². The van der Waals surface area contributed by atoms with Gasteiger partial charge in [0, 0.05) is 19.2 Å². The van der Waals surface area contributed by atoms with E-state index in [2.05, 4.69) is 10.6 Å². The third kappa shape index (κ3) is 3.95. The zero-order valence-electron chi connectivity index (χ0n) is 12.1. The molecule has 1 aromatic carbocycles. The molecular weight excluding hydrogens is 276 g/mol. The molecule has 4 nitrogen and oxygen atoms in total. The highest BCUT2D eigenvalue weighted by atomic mass is 35.5. The molecule has 2 N–H and O–H groups in total. The minimum absolute atomic E-state index is 0. The number of amides is 1. The largest absolute Gasteiger partial charge is 0.383 e. The molecule has 0 radical (unpaired) electrons. The van der Waals surface area contributed by atoms with E-state index < -0.39 is 0 Å². The van der Waals surface area contributed by atoms with E-state index in [4.69, 9.17) is 4.74 Å². The Kier molecular flexibility index (Phi) is 6.46. The van der Waals surface area contributed by atoms with Crippen LogP contribution in [0.15, 0.2) is 24.3 Å². The zero-order chi connectivity index (χ0) is 13.7. The second-order valence-corrected chi connectivity index (χ2v) is 5.24. The van der Waals surface area contributed by atoms with Crippen molar-refractivity contribution in [3.05, 3.63) is 35.4 Å². The monoisotopic (exact) mass is 298 g/mol. The summed E-state index contributed by atoms with van der Waals surface area (Å²) in [4.78, 5) is 12.2. The minimum atomic E-state index is -0.104. The molecule has 0 saturated carbocycles. The average Bonchev–Trinajstić information content (AvgIpc) is 2.86. The lowest BCUT2D eigenvalue weighted by Gasteiger charge is -2.29. The molecule has 1 unspecified atom stereocenters. The Morgan fingerprint density at radius 2 is 2.20 bits per heavy atom. The molecule has 1 aliphatic rings. The first-order valence-corrected chi connectivity index (χ1v) is 6.75. The summed E-state index contributed by atoms with van der Waals surface area (Å²) in [5.41, 5.74) is 1.64. The van der Waals surface area contributed by atoms with Gasteiger partial charge in [0.05, 0.1) is 12.1 Å². The number of carbonyl (C=O) groups excluding carboxylic acids is 1. The van der Waals surface area contributed by atoms with Crippen molar-refractivity contribution in [2.75, 3.05) is 26.8 Å². The maximum atomic E-state index is 12.2. The molecule has 0 bridgehead atoms. The molecule has 2 rings (SSSR count). The molecule has 112 valence electrons. The lowest BCUT2D eigenvalue weighted by Crippen LogP contribution is -2.53. The third-order valence-corrected chi connectivity index (χ3v) is 3.73. The van der Waals surface area contributed by atoms with Crippen LogP contribution in [0.4, 0.5) is 0 Å². The summed E-state index contributed by atoms with van der Waals surface area (Å²) in [5.74, 6) is -0.0118. The van der Waals surface area contributed by atoms with E-state index in [0.717, 1.165) is 30.5 Å². The Bertz CT molecular complexity index is 445. The number of rotatable bonds is 5. The number of hydrogen-bond donors (Lipinski definition) is 2. The number of ether oxygens (including phenoxy) is 1. The van der Waals surface area contributed by atoms with Crippen molar-refractivity contribution in [2.45, 2.75) is 25.3 Å². The molecule has 1 fully saturated rings. The van der Waals surface area contributed by atoms with E-state index >= 15 is 0 Å². The van der Waals surface area contributed by atoms with Gasteiger partial charge in [0.2, 0.25) is 0 Å². The fourth-order valence-corrected chi connectivity index (χ4v) is 2.64. The first kappa shape index (κ1) is 17.0. The van der Waals surface area contributed by atoms with Crippen molar-refractivity contribution in [3.63, 3.8) is 0 Å². The standard InChI is InChI=1S/C15H22N2O2.ClH/c1-12-6-3-4-7-13(12)14(18)16-10-15(11-19-2)8-5-9-17-15;/h3-4,6-7,17H,5,8-11H2,1-2H3,(H,16,18);1H. The quantitative estimate of drug-likeness (QED) is 0.873. The van der Waals surface area contributed by atoms with Gasteiger partial charge in [0.1, 0.15) is 0 Å². The summed E-state index contributed by atoms with van der Waals surface area (Å²) in [6.07, 6.45) is 2.17. The molecule has 1 amide bonds.